The van der Waals surface area contributed by atoms with Crippen molar-refractivity contribution >= 4 is 5.91 Å². The summed E-state index contributed by atoms with van der Waals surface area (Å²) >= 11 is 0. The molecule has 0 spiro atoms. The van der Waals surface area contributed by atoms with Crippen molar-refractivity contribution < 1.29 is 4.79 Å². The zero-order chi connectivity index (χ0) is 12.1. The van der Waals surface area contributed by atoms with Crippen molar-refractivity contribution in [2.75, 3.05) is 0 Å². The molecule has 3 N–H and O–H groups in total. The number of aromatic nitrogens is 2. The van der Waals surface area contributed by atoms with Crippen LogP contribution in [-0.2, 0) is 18.4 Å². The molecule has 0 saturated carbocycles. The maximum absolute atomic E-state index is 11.6. The molecular weight excluding hydrogens is 204 g/mol. The van der Waals surface area contributed by atoms with Crippen molar-refractivity contribution in [1.82, 2.24) is 15.1 Å². The van der Waals surface area contributed by atoms with Gasteiger partial charge < -0.3 is 11.1 Å². The highest BCUT2D eigenvalue weighted by Gasteiger charge is 2.12. The van der Waals surface area contributed by atoms with Crippen LogP contribution in [0.4, 0.5) is 0 Å². The minimum absolute atomic E-state index is 0.0925. The lowest BCUT2D eigenvalue weighted by molar-refractivity contribution is -0.122. The van der Waals surface area contributed by atoms with E-state index in [0.29, 0.717) is 6.54 Å². The first-order valence-corrected chi connectivity index (χ1v) is 5.57. The number of carbonyl (C=O) groups is 1. The van der Waals surface area contributed by atoms with Crippen molar-refractivity contribution in [2.24, 2.45) is 12.8 Å². The Hall–Kier alpha value is -1.36. The quantitative estimate of drug-likeness (QED) is 0.763. The fourth-order valence-corrected chi connectivity index (χ4v) is 1.58. The topological polar surface area (TPSA) is 72.9 Å². The Bertz CT molecular complexity index is 359. The van der Waals surface area contributed by atoms with Crippen LogP contribution in [0.15, 0.2) is 6.20 Å². The number of amides is 1. The predicted octanol–water partition coefficient (Wildman–Crippen LogP) is 0.472. The van der Waals surface area contributed by atoms with Crippen LogP contribution in [0.25, 0.3) is 0 Å². The molecule has 0 unspecified atom stereocenters. The lowest BCUT2D eigenvalue weighted by atomic mass is 10.1. The number of nitrogens with one attached hydrogen (secondary N) is 1. The summed E-state index contributed by atoms with van der Waals surface area (Å²) in [4.78, 5) is 11.6. The highest BCUT2D eigenvalue weighted by molar-refractivity contribution is 5.81. The van der Waals surface area contributed by atoms with Gasteiger partial charge in [0, 0.05) is 25.4 Å². The summed E-state index contributed by atoms with van der Waals surface area (Å²) in [5.74, 6) is -0.0925. The highest BCUT2D eigenvalue weighted by atomic mass is 16.2. The van der Waals surface area contributed by atoms with E-state index in [1.165, 1.54) is 0 Å². The molecule has 0 aromatic carbocycles. The van der Waals surface area contributed by atoms with Gasteiger partial charge in [0.1, 0.15) is 0 Å². The summed E-state index contributed by atoms with van der Waals surface area (Å²) in [6, 6.07) is -0.401. The van der Waals surface area contributed by atoms with Crippen LogP contribution >= 0.6 is 0 Å². The number of rotatable bonds is 5. The third kappa shape index (κ3) is 3.34. The molecule has 5 nitrogen and oxygen atoms in total. The summed E-state index contributed by atoms with van der Waals surface area (Å²) in [7, 11) is 1.86. The molecule has 0 fully saturated rings. The average molecular weight is 224 g/mol. The fourth-order valence-electron chi connectivity index (χ4n) is 1.58. The van der Waals surface area contributed by atoms with Crippen molar-refractivity contribution in [3.63, 3.8) is 0 Å². The van der Waals surface area contributed by atoms with Crippen LogP contribution in [0, 0.1) is 6.92 Å². The second-order valence-corrected chi connectivity index (χ2v) is 4.03. The first-order chi connectivity index (χ1) is 7.54. The first-order valence-electron chi connectivity index (χ1n) is 5.57. The summed E-state index contributed by atoms with van der Waals surface area (Å²) in [6.45, 7) is 4.43. The maximum atomic E-state index is 11.6. The lowest BCUT2D eigenvalue weighted by Crippen LogP contribution is -2.40. The number of carbonyl (C=O) groups excluding carboxylic acids is 1. The van der Waals surface area contributed by atoms with Crippen molar-refractivity contribution in [1.29, 1.82) is 0 Å². The molecule has 0 aliphatic heterocycles. The minimum atomic E-state index is -0.401. The highest BCUT2D eigenvalue weighted by Crippen LogP contribution is 2.04. The minimum Gasteiger partial charge on any atom is -0.351 e. The smallest absolute Gasteiger partial charge is 0.237 e. The number of nitrogens with zero attached hydrogens (tertiary/aromatic N) is 2. The molecule has 1 aromatic rings. The molecule has 0 aliphatic carbocycles. The van der Waals surface area contributed by atoms with Crippen molar-refractivity contribution in [3.8, 4) is 0 Å². The van der Waals surface area contributed by atoms with E-state index < -0.39 is 6.04 Å². The molecule has 1 heterocycles. The predicted molar refractivity (Wildman–Crippen MR) is 62.7 cm³/mol. The molecular formula is C11H20N4O. The average Bonchev–Trinajstić information content (AvgIpc) is 2.54. The Morgan fingerprint density at radius 2 is 2.38 bits per heavy atom. The molecule has 1 aromatic heterocycles. The van der Waals surface area contributed by atoms with Gasteiger partial charge >= 0.3 is 0 Å². The largest absolute Gasteiger partial charge is 0.351 e. The number of hydrogen-bond donors (Lipinski definition) is 2. The standard InChI is InChI=1S/C11H20N4O/c1-4-5-10(12)11(16)13-6-9-7-15(3)14-8(9)2/h7,10H,4-6,12H2,1-3H3,(H,13,16)/t10-/m1/s1. The fraction of sp³-hybridized carbons (Fsp3) is 0.636. The van der Waals surface area contributed by atoms with Crippen LogP contribution in [0.1, 0.15) is 31.0 Å². The molecule has 0 bridgehead atoms. The van der Waals surface area contributed by atoms with Crippen LogP contribution in [0.5, 0.6) is 0 Å². The van der Waals surface area contributed by atoms with E-state index in [1.807, 2.05) is 27.1 Å². The zero-order valence-corrected chi connectivity index (χ0v) is 10.2. The van der Waals surface area contributed by atoms with E-state index in [0.717, 1.165) is 24.1 Å². The zero-order valence-electron chi connectivity index (χ0n) is 10.2. The van der Waals surface area contributed by atoms with Gasteiger partial charge in [0.25, 0.3) is 0 Å². The van der Waals surface area contributed by atoms with Gasteiger partial charge in [0.15, 0.2) is 0 Å². The third-order valence-electron chi connectivity index (χ3n) is 2.50. The maximum Gasteiger partial charge on any atom is 0.237 e. The van der Waals surface area contributed by atoms with E-state index in [2.05, 4.69) is 10.4 Å². The van der Waals surface area contributed by atoms with E-state index in [4.69, 9.17) is 5.73 Å². The van der Waals surface area contributed by atoms with Gasteiger partial charge in [0.2, 0.25) is 5.91 Å². The second kappa shape index (κ2) is 5.65. The summed E-state index contributed by atoms with van der Waals surface area (Å²) < 4.78 is 1.74. The Labute approximate surface area is 96.0 Å². The number of hydrogen-bond acceptors (Lipinski definition) is 3. The molecule has 0 aliphatic rings. The van der Waals surface area contributed by atoms with Gasteiger partial charge in [-0.15, -0.1) is 0 Å². The summed E-state index contributed by atoms with van der Waals surface area (Å²) in [5.41, 5.74) is 7.67. The van der Waals surface area contributed by atoms with Gasteiger partial charge in [-0.3, -0.25) is 9.48 Å². The van der Waals surface area contributed by atoms with E-state index in [-0.39, 0.29) is 5.91 Å². The van der Waals surface area contributed by atoms with Crippen LogP contribution in [-0.4, -0.2) is 21.7 Å². The van der Waals surface area contributed by atoms with Gasteiger partial charge in [-0.1, -0.05) is 13.3 Å². The van der Waals surface area contributed by atoms with Crippen LogP contribution in [0.2, 0.25) is 0 Å². The number of nitrogens with two attached hydrogens (primary N) is 1. The van der Waals surface area contributed by atoms with Gasteiger partial charge in [-0.25, -0.2) is 0 Å². The monoisotopic (exact) mass is 224 g/mol. The molecule has 1 amide bonds. The second-order valence-electron chi connectivity index (χ2n) is 4.03. The first kappa shape index (κ1) is 12.7. The van der Waals surface area contributed by atoms with Gasteiger partial charge in [0.05, 0.1) is 11.7 Å². The van der Waals surface area contributed by atoms with Crippen LogP contribution in [0.3, 0.4) is 0 Å². The van der Waals surface area contributed by atoms with E-state index in [1.54, 1.807) is 4.68 Å². The molecule has 5 heteroatoms. The normalized spacial score (nSPS) is 12.5. The summed E-state index contributed by atoms with van der Waals surface area (Å²) in [5, 5.41) is 7.02. The molecule has 0 saturated heterocycles. The lowest BCUT2D eigenvalue weighted by Gasteiger charge is -2.10. The van der Waals surface area contributed by atoms with Gasteiger partial charge in [-0.2, -0.15) is 5.10 Å². The summed E-state index contributed by atoms with van der Waals surface area (Å²) in [6.07, 6.45) is 3.54. The molecule has 0 radical (unpaired) electrons. The Morgan fingerprint density at radius 3 is 2.88 bits per heavy atom. The van der Waals surface area contributed by atoms with Crippen LogP contribution < -0.4 is 11.1 Å². The molecule has 16 heavy (non-hydrogen) atoms. The SMILES string of the molecule is CCC[C@@H](N)C(=O)NCc1cn(C)nc1C. The van der Waals surface area contributed by atoms with Crippen molar-refractivity contribution in [3.05, 3.63) is 17.5 Å². The van der Waals surface area contributed by atoms with E-state index >= 15 is 0 Å². The van der Waals surface area contributed by atoms with E-state index in [9.17, 15) is 4.79 Å². The van der Waals surface area contributed by atoms with Gasteiger partial charge in [-0.05, 0) is 13.3 Å². The Kier molecular flexibility index (Phi) is 4.49. The Morgan fingerprint density at radius 1 is 1.69 bits per heavy atom. The third-order valence-corrected chi connectivity index (χ3v) is 2.50. The van der Waals surface area contributed by atoms with Crippen molar-refractivity contribution in [2.45, 2.75) is 39.3 Å². The number of aryl methyl sites for hydroxylation is 2. The molecule has 1 rings (SSSR count). The molecule has 1 atom stereocenters. The Balaban J connectivity index is 2.45. The molecule has 90 valence electrons.